The van der Waals surface area contributed by atoms with Gasteiger partial charge in [0.1, 0.15) is 12.8 Å². The Morgan fingerprint density at radius 1 is 0.754 bits per heavy atom. The summed E-state index contributed by atoms with van der Waals surface area (Å²) in [5, 5.41) is 12.8. The summed E-state index contributed by atoms with van der Waals surface area (Å²) < 4.78 is 73.2. The summed E-state index contributed by atoms with van der Waals surface area (Å²) in [6, 6.07) is 22.1. The highest BCUT2D eigenvalue weighted by molar-refractivity contribution is 7.89. The highest BCUT2D eigenvalue weighted by Gasteiger charge is 2.26. The molecule has 2 aromatic carbocycles. The number of carbonyl (C=O) groups is 2. The van der Waals surface area contributed by atoms with E-state index < -0.39 is 20.0 Å². The van der Waals surface area contributed by atoms with Crippen molar-refractivity contribution in [3.8, 4) is 22.6 Å². The SMILES string of the molecule is CN(CCCNC(=O)c1cc(-c2ccccc2)on1)S(=O)(=O)c1ncc[nH]1.COCCl.COCn1ccnc1S(=O)(=O)N(C)CCCNC(=O)c1cc(-c2ccccc2)on1. The lowest BCUT2D eigenvalue weighted by Crippen LogP contribution is -2.33. The number of alkyl halides is 1. The number of methoxy groups -OCH3 is 2. The highest BCUT2D eigenvalue weighted by atomic mass is 35.5. The van der Waals surface area contributed by atoms with E-state index in [1.165, 1.54) is 59.2 Å². The van der Waals surface area contributed by atoms with Crippen molar-refractivity contribution in [1.82, 2.24) is 49.1 Å². The fourth-order valence-corrected chi connectivity index (χ4v) is 7.44. The minimum absolute atomic E-state index is 0.0845. The lowest BCUT2D eigenvalue weighted by atomic mass is 10.1. The van der Waals surface area contributed by atoms with Crippen LogP contribution in [0, 0.1) is 0 Å². The average molecular weight is 903 g/mol. The first kappa shape index (κ1) is 47.9. The fraction of sp³-hybridized carbons (Fsp3) is 0.316. The van der Waals surface area contributed by atoms with Gasteiger partial charge in [-0.3, -0.25) is 14.2 Å². The van der Waals surface area contributed by atoms with E-state index in [1.54, 1.807) is 19.2 Å². The molecule has 0 spiro atoms. The van der Waals surface area contributed by atoms with Gasteiger partial charge in [-0.1, -0.05) is 82.6 Å². The van der Waals surface area contributed by atoms with Crippen LogP contribution in [0.1, 0.15) is 33.8 Å². The molecule has 0 radical (unpaired) electrons. The molecule has 0 unspecified atom stereocenters. The van der Waals surface area contributed by atoms with E-state index in [4.69, 9.17) is 25.4 Å². The molecule has 20 nitrogen and oxygen atoms in total. The number of aromatic nitrogens is 6. The van der Waals surface area contributed by atoms with E-state index in [1.807, 2.05) is 60.7 Å². The summed E-state index contributed by atoms with van der Waals surface area (Å²) in [6.07, 6.45) is 6.61. The molecule has 61 heavy (non-hydrogen) atoms. The summed E-state index contributed by atoms with van der Waals surface area (Å²) in [7, 11) is -1.46. The molecule has 0 bridgehead atoms. The number of amides is 2. The van der Waals surface area contributed by atoms with Crippen LogP contribution in [0.2, 0.25) is 0 Å². The monoisotopic (exact) mass is 902 g/mol. The Kier molecular flexibility index (Phi) is 18.8. The summed E-state index contributed by atoms with van der Waals surface area (Å²) in [4.78, 5) is 34.6. The van der Waals surface area contributed by atoms with Crippen molar-refractivity contribution in [2.45, 2.75) is 29.9 Å². The number of sulfonamides is 2. The van der Waals surface area contributed by atoms with Crippen LogP contribution in [0.4, 0.5) is 0 Å². The Hall–Kier alpha value is -5.75. The number of rotatable bonds is 19. The third-order valence-electron chi connectivity index (χ3n) is 8.30. The number of nitrogens with one attached hydrogen (secondary N) is 3. The molecule has 2 amide bonds. The van der Waals surface area contributed by atoms with Gasteiger partial charge in [-0.05, 0) is 12.8 Å². The molecule has 4 heterocycles. The van der Waals surface area contributed by atoms with Crippen LogP contribution >= 0.6 is 11.6 Å². The molecule has 23 heteroatoms. The van der Waals surface area contributed by atoms with E-state index >= 15 is 0 Å². The molecule has 328 valence electrons. The van der Waals surface area contributed by atoms with E-state index in [0.29, 0.717) is 37.0 Å². The van der Waals surface area contributed by atoms with Crippen molar-refractivity contribution in [2.75, 3.05) is 60.6 Å². The zero-order valence-corrected chi connectivity index (χ0v) is 36.2. The predicted molar refractivity (Wildman–Crippen MR) is 223 cm³/mol. The lowest BCUT2D eigenvalue weighted by molar-refractivity contribution is 0.0935. The number of carbonyl (C=O) groups excluding carboxylic acids is 2. The quantitative estimate of drug-likeness (QED) is 0.0771. The maximum atomic E-state index is 12.7. The molecule has 0 aliphatic carbocycles. The van der Waals surface area contributed by atoms with Gasteiger partial charge in [-0.15, -0.1) is 0 Å². The average Bonchev–Trinajstić information content (AvgIpc) is 4.13. The van der Waals surface area contributed by atoms with E-state index in [0.717, 1.165) is 11.1 Å². The maximum Gasteiger partial charge on any atom is 0.276 e. The van der Waals surface area contributed by atoms with Crippen molar-refractivity contribution in [3.05, 3.63) is 109 Å². The first-order chi connectivity index (χ1) is 29.3. The molecule has 4 aromatic heterocycles. The fourth-order valence-electron chi connectivity index (χ4n) is 5.12. The Labute approximate surface area is 358 Å². The molecule has 0 atom stereocenters. The van der Waals surface area contributed by atoms with Gasteiger partial charge >= 0.3 is 0 Å². The van der Waals surface area contributed by atoms with Gasteiger partial charge in [0.25, 0.3) is 31.9 Å². The van der Waals surface area contributed by atoms with Gasteiger partial charge in [0, 0.05) is 103 Å². The predicted octanol–water partition coefficient (Wildman–Crippen LogP) is 3.92. The van der Waals surface area contributed by atoms with Gasteiger partial charge in [0.05, 0.1) is 0 Å². The van der Waals surface area contributed by atoms with Crippen LogP contribution in [-0.4, -0.2) is 128 Å². The van der Waals surface area contributed by atoms with Gasteiger partial charge in [-0.2, -0.15) is 8.61 Å². The van der Waals surface area contributed by atoms with E-state index in [9.17, 15) is 26.4 Å². The van der Waals surface area contributed by atoms with Crippen molar-refractivity contribution < 1.29 is 44.9 Å². The number of imidazole rings is 2. The molecular formula is C38H47ClN10O10S2. The van der Waals surface area contributed by atoms with E-state index in [-0.39, 0.29) is 59.9 Å². The smallest absolute Gasteiger partial charge is 0.276 e. The molecule has 0 aliphatic heterocycles. The van der Waals surface area contributed by atoms with Crippen molar-refractivity contribution in [3.63, 3.8) is 0 Å². The molecule has 6 aromatic rings. The number of H-pyrrole nitrogens is 1. The first-order valence-corrected chi connectivity index (χ1v) is 21.8. The molecule has 6 rings (SSSR count). The summed E-state index contributed by atoms with van der Waals surface area (Å²) in [6.45, 7) is 1.10. The lowest BCUT2D eigenvalue weighted by Gasteiger charge is -2.17. The topological polar surface area (TPSA) is 250 Å². The standard InChI is InChI=1S/C19H23N5O5S.C17H19N5O4S.C2H5ClO/c1-23(30(26,27)19-21-10-12-24(19)14-28-2)11-6-9-20-18(25)16-13-17(29-22-16)15-7-4-3-5-8-15;1-22(27(24,25)17-19-9-10-20-17)11-5-8-18-16(23)14-12-15(26-21-14)13-6-3-2-4-7-13;1-4-2-3/h3-5,7-8,10,12-13H,6,9,11,14H2,1-2H3,(H,20,25);2-4,6-7,9-10,12H,5,8,11H2,1H3,(H,18,23)(H,19,20);2H2,1H3. The number of ether oxygens (including phenoxy) is 2. The largest absolute Gasteiger partial charge is 0.369 e. The van der Waals surface area contributed by atoms with Crippen LogP contribution in [0.3, 0.4) is 0 Å². The normalized spacial score (nSPS) is 11.4. The Balaban J connectivity index is 0.000000248. The third-order valence-corrected chi connectivity index (χ3v) is 12.0. The maximum absolute atomic E-state index is 12.7. The second-order valence-corrected chi connectivity index (χ2v) is 16.8. The Morgan fingerprint density at radius 2 is 1.25 bits per heavy atom. The van der Waals surface area contributed by atoms with E-state index in [2.05, 4.69) is 40.6 Å². The summed E-state index contributed by atoms with van der Waals surface area (Å²) >= 11 is 4.96. The highest BCUT2D eigenvalue weighted by Crippen LogP contribution is 2.21. The summed E-state index contributed by atoms with van der Waals surface area (Å²) in [5.41, 5.74) is 1.98. The number of hydrogen-bond donors (Lipinski definition) is 3. The molecule has 0 saturated heterocycles. The molecular weight excluding hydrogens is 856 g/mol. The second kappa shape index (κ2) is 23.9. The Bertz CT molecular complexity index is 2440. The number of hydrogen-bond acceptors (Lipinski definition) is 14. The van der Waals surface area contributed by atoms with Crippen LogP contribution in [0.25, 0.3) is 22.6 Å². The van der Waals surface area contributed by atoms with Crippen molar-refractivity contribution >= 4 is 43.5 Å². The molecule has 0 fully saturated rings. The zero-order chi connectivity index (χ0) is 44.3. The van der Waals surface area contributed by atoms with Gasteiger partial charge in [-0.25, -0.2) is 26.8 Å². The number of nitrogens with zero attached hydrogens (tertiary/aromatic N) is 7. The van der Waals surface area contributed by atoms with Crippen molar-refractivity contribution in [1.29, 1.82) is 0 Å². The van der Waals surface area contributed by atoms with Gasteiger partial charge < -0.3 is 34.1 Å². The van der Waals surface area contributed by atoms with Gasteiger partial charge in [0.15, 0.2) is 22.9 Å². The van der Waals surface area contributed by atoms with Crippen LogP contribution in [0.15, 0.2) is 117 Å². The molecule has 3 N–H and O–H groups in total. The number of halogens is 1. The number of benzene rings is 2. The van der Waals surface area contributed by atoms with Crippen LogP contribution < -0.4 is 10.6 Å². The number of aromatic amines is 1. The summed E-state index contributed by atoms with van der Waals surface area (Å²) in [5.74, 6) is 0.239. The van der Waals surface area contributed by atoms with Crippen molar-refractivity contribution in [2.24, 2.45) is 0 Å². The third kappa shape index (κ3) is 13.9. The Morgan fingerprint density at radius 3 is 1.69 bits per heavy atom. The van der Waals surface area contributed by atoms with Gasteiger partial charge in [0.2, 0.25) is 10.3 Å². The molecule has 0 aliphatic rings. The van der Waals surface area contributed by atoms with Crippen LogP contribution in [0.5, 0.6) is 0 Å². The first-order valence-electron chi connectivity index (χ1n) is 18.4. The second-order valence-electron chi connectivity index (χ2n) is 12.6. The zero-order valence-electron chi connectivity index (χ0n) is 33.8. The van der Waals surface area contributed by atoms with Crippen LogP contribution in [-0.2, 0) is 36.3 Å². The molecule has 0 saturated carbocycles. The minimum Gasteiger partial charge on any atom is -0.369 e. The minimum atomic E-state index is -3.76.